The van der Waals surface area contributed by atoms with Crippen LogP contribution in [0.25, 0.3) is 0 Å². The zero-order valence-electron chi connectivity index (χ0n) is 10.8. The summed E-state index contributed by atoms with van der Waals surface area (Å²) in [6, 6.07) is 0.312. The van der Waals surface area contributed by atoms with Crippen LogP contribution in [0.4, 0.5) is 0 Å². The van der Waals surface area contributed by atoms with Crippen molar-refractivity contribution in [3.63, 3.8) is 0 Å². The third-order valence-corrected chi connectivity index (χ3v) is 3.02. The molecule has 2 unspecified atom stereocenters. The smallest absolute Gasteiger partial charge is 0.323 e. The number of ether oxygens (including phenoxy) is 1. The first-order chi connectivity index (χ1) is 7.67. The lowest BCUT2D eigenvalue weighted by molar-refractivity contribution is -0.146. The van der Waals surface area contributed by atoms with Crippen LogP contribution in [-0.4, -0.2) is 24.7 Å². The third kappa shape index (κ3) is 4.97. The number of carbonyl (C=O) groups is 1. The second-order valence-electron chi connectivity index (χ2n) is 4.84. The average Bonchev–Trinajstić information content (AvgIpc) is 3.01. The van der Waals surface area contributed by atoms with Gasteiger partial charge in [-0.1, -0.05) is 26.2 Å². The maximum absolute atomic E-state index is 11.7. The van der Waals surface area contributed by atoms with Gasteiger partial charge in [0.1, 0.15) is 6.04 Å². The quantitative estimate of drug-likeness (QED) is 0.647. The Hall–Kier alpha value is -0.570. The Kier molecular flexibility index (Phi) is 5.81. The van der Waals surface area contributed by atoms with Gasteiger partial charge in [-0.05, 0) is 32.6 Å². The number of nitrogens with one attached hydrogen (secondary N) is 1. The van der Waals surface area contributed by atoms with E-state index in [1.54, 1.807) is 0 Å². The Balaban J connectivity index is 2.32. The van der Waals surface area contributed by atoms with Gasteiger partial charge in [0.25, 0.3) is 0 Å². The first-order valence-electron chi connectivity index (χ1n) is 6.60. The highest BCUT2D eigenvalue weighted by atomic mass is 16.5. The summed E-state index contributed by atoms with van der Waals surface area (Å²) in [6.45, 7) is 6.59. The van der Waals surface area contributed by atoms with E-state index in [-0.39, 0.29) is 12.0 Å². The fraction of sp³-hybridized carbons (Fsp3) is 0.923. The molecule has 1 fully saturated rings. The summed E-state index contributed by atoms with van der Waals surface area (Å²) in [5, 5.41) is 3.40. The number of carbonyl (C=O) groups excluding carboxylic acids is 1. The number of rotatable bonds is 8. The van der Waals surface area contributed by atoms with Crippen molar-refractivity contribution >= 4 is 5.97 Å². The predicted molar refractivity (Wildman–Crippen MR) is 65.3 cm³/mol. The summed E-state index contributed by atoms with van der Waals surface area (Å²) in [5.41, 5.74) is 0. The topological polar surface area (TPSA) is 38.3 Å². The molecule has 0 aliphatic heterocycles. The van der Waals surface area contributed by atoms with Gasteiger partial charge in [-0.15, -0.1) is 0 Å². The minimum absolute atomic E-state index is 0.0907. The van der Waals surface area contributed by atoms with Crippen LogP contribution in [0.5, 0.6) is 0 Å². The molecule has 3 heteroatoms. The lowest BCUT2D eigenvalue weighted by Crippen LogP contribution is -2.43. The van der Waals surface area contributed by atoms with Crippen LogP contribution in [-0.2, 0) is 9.53 Å². The molecule has 2 atom stereocenters. The normalized spacial score (nSPS) is 19.2. The van der Waals surface area contributed by atoms with Crippen molar-refractivity contribution in [1.82, 2.24) is 5.32 Å². The molecule has 0 aromatic heterocycles. The van der Waals surface area contributed by atoms with Crippen LogP contribution < -0.4 is 5.32 Å². The Labute approximate surface area is 98.9 Å². The van der Waals surface area contributed by atoms with Gasteiger partial charge in [0.05, 0.1) is 6.61 Å². The molecule has 0 radical (unpaired) electrons. The Bertz CT molecular complexity index is 214. The molecule has 0 aromatic carbocycles. The molecule has 0 spiro atoms. The van der Waals surface area contributed by atoms with Crippen molar-refractivity contribution < 1.29 is 9.53 Å². The lowest BCUT2D eigenvalue weighted by Gasteiger charge is -2.21. The van der Waals surface area contributed by atoms with Crippen LogP contribution in [0.2, 0.25) is 0 Å². The molecule has 0 heterocycles. The lowest BCUT2D eigenvalue weighted by atomic mass is 10.1. The minimum atomic E-state index is -0.112. The average molecular weight is 227 g/mol. The largest absolute Gasteiger partial charge is 0.465 e. The van der Waals surface area contributed by atoms with Crippen molar-refractivity contribution in [1.29, 1.82) is 0 Å². The molecular formula is C13H25NO2. The molecule has 1 rings (SSSR count). The van der Waals surface area contributed by atoms with Gasteiger partial charge in [-0.3, -0.25) is 4.79 Å². The van der Waals surface area contributed by atoms with Crippen molar-refractivity contribution in [2.75, 3.05) is 6.61 Å². The Morgan fingerprint density at radius 2 is 2.12 bits per heavy atom. The van der Waals surface area contributed by atoms with E-state index in [1.165, 1.54) is 19.3 Å². The highest BCUT2D eigenvalue weighted by molar-refractivity contribution is 5.75. The first-order valence-corrected chi connectivity index (χ1v) is 6.60. The third-order valence-electron chi connectivity index (χ3n) is 3.02. The second-order valence-corrected chi connectivity index (χ2v) is 4.84. The Morgan fingerprint density at radius 1 is 1.44 bits per heavy atom. The van der Waals surface area contributed by atoms with Gasteiger partial charge in [-0.2, -0.15) is 0 Å². The highest BCUT2D eigenvalue weighted by Crippen LogP contribution is 2.33. The number of esters is 1. The summed E-state index contributed by atoms with van der Waals surface area (Å²) < 4.78 is 5.08. The monoisotopic (exact) mass is 227 g/mol. The maximum Gasteiger partial charge on any atom is 0.323 e. The van der Waals surface area contributed by atoms with E-state index in [9.17, 15) is 4.79 Å². The van der Waals surface area contributed by atoms with Gasteiger partial charge < -0.3 is 10.1 Å². The Morgan fingerprint density at radius 3 is 2.62 bits per heavy atom. The number of hydrogen-bond acceptors (Lipinski definition) is 3. The van der Waals surface area contributed by atoms with Crippen molar-refractivity contribution in [2.24, 2.45) is 5.92 Å². The molecular weight excluding hydrogens is 202 g/mol. The molecule has 0 saturated heterocycles. The fourth-order valence-corrected chi connectivity index (χ4v) is 2.07. The highest BCUT2D eigenvalue weighted by Gasteiger charge is 2.26. The molecule has 0 amide bonds. The summed E-state index contributed by atoms with van der Waals surface area (Å²) in [4.78, 5) is 11.7. The molecule has 3 nitrogen and oxygen atoms in total. The zero-order valence-corrected chi connectivity index (χ0v) is 10.8. The maximum atomic E-state index is 11.7. The minimum Gasteiger partial charge on any atom is -0.465 e. The molecule has 16 heavy (non-hydrogen) atoms. The molecule has 1 aliphatic rings. The summed E-state index contributed by atoms with van der Waals surface area (Å²) in [6.07, 6.45) is 5.80. The fourth-order valence-electron chi connectivity index (χ4n) is 2.07. The van der Waals surface area contributed by atoms with E-state index in [0.717, 1.165) is 18.8 Å². The van der Waals surface area contributed by atoms with Gasteiger partial charge in [0, 0.05) is 6.04 Å². The van der Waals surface area contributed by atoms with Gasteiger partial charge in [0.15, 0.2) is 0 Å². The van der Waals surface area contributed by atoms with E-state index >= 15 is 0 Å². The standard InChI is InChI=1S/C13H25NO2/c1-4-6-12(13(15)16-5-2)14-10(3)9-11-7-8-11/h10-12,14H,4-9H2,1-3H3. The van der Waals surface area contributed by atoms with Gasteiger partial charge >= 0.3 is 5.97 Å². The van der Waals surface area contributed by atoms with Crippen LogP contribution in [0, 0.1) is 5.92 Å². The summed E-state index contributed by atoms with van der Waals surface area (Å²) in [7, 11) is 0. The molecule has 1 N–H and O–H groups in total. The molecule has 1 saturated carbocycles. The SMILES string of the molecule is CCCC(NC(C)CC1CC1)C(=O)OCC. The van der Waals surface area contributed by atoms with Crippen LogP contribution in [0.1, 0.15) is 52.9 Å². The molecule has 0 bridgehead atoms. The zero-order chi connectivity index (χ0) is 12.0. The van der Waals surface area contributed by atoms with Crippen LogP contribution in [0.3, 0.4) is 0 Å². The van der Waals surface area contributed by atoms with Crippen LogP contribution in [0.15, 0.2) is 0 Å². The first kappa shape index (κ1) is 13.5. The van der Waals surface area contributed by atoms with Crippen molar-refractivity contribution in [3.8, 4) is 0 Å². The van der Waals surface area contributed by atoms with Gasteiger partial charge in [-0.25, -0.2) is 0 Å². The van der Waals surface area contributed by atoms with E-state index < -0.39 is 0 Å². The molecule has 94 valence electrons. The van der Waals surface area contributed by atoms with E-state index in [0.29, 0.717) is 12.6 Å². The van der Waals surface area contributed by atoms with E-state index in [2.05, 4.69) is 19.2 Å². The predicted octanol–water partition coefficient (Wildman–Crippen LogP) is 2.50. The molecule has 1 aliphatic carbocycles. The number of hydrogen-bond donors (Lipinski definition) is 1. The second kappa shape index (κ2) is 6.89. The summed E-state index contributed by atoms with van der Waals surface area (Å²) >= 11 is 0. The van der Waals surface area contributed by atoms with Crippen molar-refractivity contribution in [2.45, 2.75) is 65.0 Å². The van der Waals surface area contributed by atoms with Crippen molar-refractivity contribution in [3.05, 3.63) is 0 Å². The van der Waals surface area contributed by atoms with E-state index in [1.807, 2.05) is 6.92 Å². The van der Waals surface area contributed by atoms with Crippen LogP contribution >= 0.6 is 0 Å². The summed E-state index contributed by atoms with van der Waals surface area (Å²) in [5.74, 6) is 0.805. The molecule has 0 aromatic rings. The van der Waals surface area contributed by atoms with Gasteiger partial charge in [0.2, 0.25) is 0 Å². The van der Waals surface area contributed by atoms with E-state index in [4.69, 9.17) is 4.74 Å².